The molecule has 1 aromatic carbocycles. The van der Waals surface area contributed by atoms with Crippen LogP contribution in [0.25, 0.3) is 0 Å². The largest absolute Gasteiger partial charge is 0.493 e. The van der Waals surface area contributed by atoms with Gasteiger partial charge in [0.2, 0.25) is 0 Å². The van der Waals surface area contributed by atoms with E-state index in [0.717, 1.165) is 25.2 Å². The van der Waals surface area contributed by atoms with Crippen molar-refractivity contribution in [2.75, 3.05) is 50.7 Å². The van der Waals surface area contributed by atoms with Gasteiger partial charge in [0.05, 0.1) is 20.8 Å². The third-order valence-electron chi connectivity index (χ3n) is 4.85. The summed E-state index contributed by atoms with van der Waals surface area (Å²) >= 11 is 0. The van der Waals surface area contributed by atoms with Crippen molar-refractivity contribution >= 4 is 17.4 Å². The highest BCUT2D eigenvalue weighted by Crippen LogP contribution is 2.30. The minimum Gasteiger partial charge on any atom is -0.493 e. The summed E-state index contributed by atoms with van der Waals surface area (Å²) < 4.78 is 10.6. The molecule has 150 valence electrons. The number of Topliss-reactive ketones (excluding diaryl/α,β-unsaturated/α-hetero) is 1. The van der Waals surface area contributed by atoms with Crippen molar-refractivity contribution in [2.24, 2.45) is 5.92 Å². The first-order chi connectivity index (χ1) is 13.7. The van der Waals surface area contributed by atoms with Crippen LogP contribution in [0, 0.1) is 5.92 Å². The monoisotopic (exact) mass is 386 g/mol. The van der Waals surface area contributed by atoms with Crippen LogP contribution in [0.4, 0.5) is 11.6 Å². The minimum atomic E-state index is -0.115. The molecule has 2 aromatic rings. The molecule has 0 spiro atoms. The number of piperidine rings is 1. The van der Waals surface area contributed by atoms with Gasteiger partial charge in [0.1, 0.15) is 18.0 Å². The van der Waals surface area contributed by atoms with Crippen LogP contribution in [0.1, 0.15) is 23.2 Å². The number of nitrogens with zero attached hydrogens (tertiary/aromatic N) is 3. The van der Waals surface area contributed by atoms with E-state index in [1.807, 2.05) is 6.07 Å². The van der Waals surface area contributed by atoms with Crippen LogP contribution < -0.4 is 19.7 Å². The molecule has 0 radical (unpaired) electrons. The van der Waals surface area contributed by atoms with Crippen molar-refractivity contribution in [1.82, 2.24) is 9.97 Å². The van der Waals surface area contributed by atoms with Gasteiger partial charge in [-0.05, 0) is 31.0 Å². The van der Waals surface area contributed by atoms with E-state index >= 15 is 0 Å². The number of aromatic nitrogens is 2. The van der Waals surface area contributed by atoms with Gasteiger partial charge in [0.15, 0.2) is 17.3 Å². The number of aliphatic hydroxyl groups is 1. The zero-order valence-corrected chi connectivity index (χ0v) is 16.2. The summed E-state index contributed by atoms with van der Waals surface area (Å²) in [5.41, 5.74) is 0.623. The number of ketones is 1. The highest BCUT2D eigenvalue weighted by molar-refractivity contribution is 5.98. The standard InChI is InChI=1S/C20H26N4O4/c1-27-16-6-5-14(10-17(16)28-2)20(26)15-4-3-8-24(12-15)19-11-18(21-7-9-25)22-13-23-19/h5-6,10-11,13,15,25H,3-4,7-9,12H2,1-2H3,(H,21,22,23). The lowest BCUT2D eigenvalue weighted by Crippen LogP contribution is -2.39. The zero-order chi connectivity index (χ0) is 19.9. The predicted octanol–water partition coefficient (Wildman–Crippen LogP) is 2.00. The van der Waals surface area contributed by atoms with Gasteiger partial charge in [0, 0.05) is 37.2 Å². The highest BCUT2D eigenvalue weighted by Gasteiger charge is 2.28. The maximum absolute atomic E-state index is 13.1. The molecule has 0 saturated carbocycles. The van der Waals surface area contributed by atoms with E-state index in [-0.39, 0.29) is 18.3 Å². The summed E-state index contributed by atoms with van der Waals surface area (Å²) in [7, 11) is 3.13. The summed E-state index contributed by atoms with van der Waals surface area (Å²) in [6, 6.07) is 7.13. The van der Waals surface area contributed by atoms with Gasteiger partial charge < -0.3 is 24.8 Å². The minimum absolute atomic E-state index is 0.0327. The number of hydrogen-bond donors (Lipinski definition) is 2. The van der Waals surface area contributed by atoms with E-state index in [4.69, 9.17) is 14.6 Å². The predicted molar refractivity (Wildman–Crippen MR) is 106 cm³/mol. The van der Waals surface area contributed by atoms with Gasteiger partial charge in [-0.1, -0.05) is 0 Å². The average molecular weight is 386 g/mol. The van der Waals surface area contributed by atoms with Crippen molar-refractivity contribution in [3.8, 4) is 11.5 Å². The lowest BCUT2D eigenvalue weighted by Gasteiger charge is -2.33. The molecule has 0 aliphatic carbocycles. The third kappa shape index (κ3) is 4.51. The van der Waals surface area contributed by atoms with E-state index in [0.29, 0.717) is 36.0 Å². The third-order valence-corrected chi connectivity index (χ3v) is 4.85. The number of benzene rings is 1. The van der Waals surface area contributed by atoms with Crippen LogP contribution in [0.3, 0.4) is 0 Å². The van der Waals surface area contributed by atoms with Crippen LogP contribution in [0.5, 0.6) is 11.5 Å². The first-order valence-electron chi connectivity index (χ1n) is 9.34. The molecule has 8 heteroatoms. The number of methoxy groups -OCH3 is 2. The molecule has 1 aliphatic heterocycles. The number of carbonyl (C=O) groups is 1. The second kappa shape index (κ2) is 9.36. The Bertz CT molecular complexity index is 815. The van der Waals surface area contributed by atoms with Crippen LogP contribution in [0.2, 0.25) is 0 Å². The SMILES string of the molecule is COc1ccc(C(=O)C2CCCN(c3cc(NCCO)ncn3)C2)cc1OC. The first-order valence-corrected chi connectivity index (χ1v) is 9.34. The number of aliphatic hydroxyl groups excluding tert-OH is 1. The van der Waals surface area contributed by atoms with Crippen molar-refractivity contribution in [1.29, 1.82) is 0 Å². The Labute approximate surface area is 164 Å². The molecule has 0 amide bonds. The Morgan fingerprint density at radius 2 is 2.07 bits per heavy atom. The number of rotatable bonds is 8. The summed E-state index contributed by atoms with van der Waals surface area (Å²) in [6.07, 6.45) is 3.24. The summed E-state index contributed by atoms with van der Waals surface area (Å²) in [6.45, 7) is 1.90. The van der Waals surface area contributed by atoms with E-state index in [2.05, 4.69) is 20.2 Å². The van der Waals surface area contributed by atoms with E-state index in [1.54, 1.807) is 32.4 Å². The molecular weight excluding hydrogens is 360 g/mol. The average Bonchev–Trinajstić information content (AvgIpc) is 2.77. The fourth-order valence-electron chi connectivity index (χ4n) is 3.43. The summed E-state index contributed by atoms with van der Waals surface area (Å²) in [4.78, 5) is 23.7. The van der Waals surface area contributed by atoms with E-state index in [1.165, 1.54) is 6.33 Å². The molecule has 0 bridgehead atoms. The lowest BCUT2D eigenvalue weighted by molar-refractivity contribution is 0.0906. The number of carbonyl (C=O) groups excluding carboxylic acids is 1. The van der Waals surface area contributed by atoms with Crippen molar-refractivity contribution < 1.29 is 19.4 Å². The van der Waals surface area contributed by atoms with E-state index in [9.17, 15) is 4.79 Å². The zero-order valence-electron chi connectivity index (χ0n) is 16.2. The molecule has 1 aliphatic rings. The quantitative estimate of drug-likeness (QED) is 0.665. The molecule has 3 rings (SSSR count). The van der Waals surface area contributed by atoms with Crippen LogP contribution in [0.15, 0.2) is 30.6 Å². The summed E-state index contributed by atoms with van der Waals surface area (Å²) in [5, 5.41) is 12.0. The Morgan fingerprint density at radius 1 is 1.25 bits per heavy atom. The summed E-state index contributed by atoms with van der Waals surface area (Å²) in [5.74, 6) is 2.58. The first kappa shape index (κ1) is 19.9. The van der Waals surface area contributed by atoms with Crippen LogP contribution in [-0.2, 0) is 0 Å². The molecule has 28 heavy (non-hydrogen) atoms. The van der Waals surface area contributed by atoms with Gasteiger partial charge in [-0.15, -0.1) is 0 Å². The second-order valence-electron chi connectivity index (χ2n) is 6.63. The molecule has 1 fully saturated rings. The fraction of sp³-hybridized carbons (Fsp3) is 0.450. The number of hydrogen-bond acceptors (Lipinski definition) is 8. The number of ether oxygens (including phenoxy) is 2. The Morgan fingerprint density at radius 3 is 2.82 bits per heavy atom. The van der Waals surface area contributed by atoms with Gasteiger partial charge >= 0.3 is 0 Å². The Hall–Kier alpha value is -2.87. The maximum Gasteiger partial charge on any atom is 0.167 e. The molecule has 1 atom stereocenters. The molecule has 8 nitrogen and oxygen atoms in total. The van der Waals surface area contributed by atoms with Crippen molar-refractivity contribution in [3.63, 3.8) is 0 Å². The van der Waals surface area contributed by atoms with Crippen molar-refractivity contribution in [3.05, 3.63) is 36.2 Å². The highest BCUT2D eigenvalue weighted by atomic mass is 16.5. The Balaban J connectivity index is 1.73. The van der Waals surface area contributed by atoms with Gasteiger partial charge in [-0.2, -0.15) is 0 Å². The van der Waals surface area contributed by atoms with Gasteiger partial charge in [-0.25, -0.2) is 9.97 Å². The van der Waals surface area contributed by atoms with Gasteiger partial charge in [-0.3, -0.25) is 4.79 Å². The molecule has 1 saturated heterocycles. The molecule has 2 N–H and O–H groups in total. The molecular formula is C20H26N4O4. The van der Waals surface area contributed by atoms with E-state index < -0.39 is 0 Å². The molecule has 1 unspecified atom stereocenters. The molecule has 1 aromatic heterocycles. The molecule has 2 heterocycles. The second-order valence-corrected chi connectivity index (χ2v) is 6.63. The topological polar surface area (TPSA) is 96.8 Å². The van der Waals surface area contributed by atoms with Crippen molar-refractivity contribution in [2.45, 2.75) is 12.8 Å². The van der Waals surface area contributed by atoms with Crippen LogP contribution >= 0.6 is 0 Å². The number of anilines is 2. The maximum atomic E-state index is 13.1. The normalized spacial score (nSPS) is 16.5. The fourth-order valence-corrected chi connectivity index (χ4v) is 3.43. The Kier molecular flexibility index (Phi) is 6.65. The lowest BCUT2D eigenvalue weighted by atomic mass is 9.90. The smallest absolute Gasteiger partial charge is 0.167 e. The number of nitrogens with one attached hydrogen (secondary N) is 1. The van der Waals surface area contributed by atoms with Gasteiger partial charge in [0.25, 0.3) is 0 Å². The van der Waals surface area contributed by atoms with Crippen LogP contribution in [-0.4, -0.2) is 61.3 Å².